The van der Waals surface area contributed by atoms with Crippen LogP contribution >= 0.6 is 11.6 Å². The van der Waals surface area contributed by atoms with Crippen molar-refractivity contribution in [2.45, 2.75) is 12.3 Å². The fraction of sp³-hybridized carbons (Fsp3) is 0.174. The summed E-state index contributed by atoms with van der Waals surface area (Å²) in [7, 11) is 1.83. The molecule has 2 atom stereocenters. The van der Waals surface area contributed by atoms with Crippen molar-refractivity contribution >= 4 is 29.2 Å². The Bertz CT molecular complexity index is 1290. The number of benzene rings is 1. The number of halogens is 1. The van der Waals surface area contributed by atoms with E-state index in [9.17, 15) is 4.79 Å². The predicted molar refractivity (Wildman–Crippen MR) is 121 cm³/mol. The maximum absolute atomic E-state index is 11.1. The van der Waals surface area contributed by atoms with Gasteiger partial charge in [-0.2, -0.15) is 5.10 Å². The van der Waals surface area contributed by atoms with Gasteiger partial charge in [0.05, 0.1) is 35.8 Å². The van der Waals surface area contributed by atoms with Gasteiger partial charge in [0, 0.05) is 18.8 Å². The third-order valence-electron chi connectivity index (χ3n) is 5.61. The van der Waals surface area contributed by atoms with Crippen molar-refractivity contribution in [1.29, 1.82) is 0 Å². The van der Waals surface area contributed by atoms with Crippen molar-refractivity contribution in [3.63, 3.8) is 0 Å². The van der Waals surface area contributed by atoms with Gasteiger partial charge in [-0.25, -0.2) is 4.98 Å². The molecule has 0 bridgehead atoms. The van der Waals surface area contributed by atoms with E-state index in [1.54, 1.807) is 17.1 Å². The minimum absolute atomic E-state index is 0.128. The average molecular weight is 447 g/mol. The van der Waals surface area contributed by atoms with Crippen molar-refractivity contribution in [3.8, 4) is 22.4 Å². The van der Waals surface area contributed by atoms with Crippen LogP contribution in [0, 0.1) is 5.92 Å². The number of aromatic nitrogens is 5. The van der Waals surface area contributed by atoms with E-state index < -0.39 is 5.97 Å². The van der Waals surface area contributed by atoms with Gasteiger partial charge in [0.15, 0.2) is 5.82 Å². The summed E-state index contributed by atoms with van der Waals surface area (Å²) in [5.74, 6) is 0.402. The fourth-order valence-corrected chi connectivity index (χ4v) is 3.93. The predicted octanol–water partition coefficient (Wildman–Crippen LogP) is 4.52. The molecule has 1 aromatic carbocycles. The van der Waals surface area contributed by atoms with E-state index in [4.69, 9.17) is 16.7 Å². The Hall–Kier alpha value is -3.78. The van der Waals surface area contributed by atoms with Crippen LogP contribution < -0.4 is 5.32 Å². The first-order chi connectivity index (χ1) is 15.5. The van der Waals surface area contributed by atoms with Crippen LogP contribution in [0.4, 0.5) is 11.6 Å². The molecule has 2 N–H and O–H groups in total. The van der Waals surface area contributed by atoms with Crippen LogP contribution in [0.15, 0.2) is 61.2 Å². The normalized spacial score (nSPS) is 17.2. The van der Waals surface area contributed by atoms with Crippen molar-refractivity contribution in [1.82, 2.24) is 24.7 Å². The Morgan fingerprint density at radius 2 is 1.88 bits per heavy atom. The lowest BCUT2D eigenvalue weighted by Gasteiger charge is -2.09. The van der Waals surface area contributed by atoms with Gasteiger partial charge in [-0.3, -0.25) is 19.4 Å². The Labute approximate surface area is 188 Å². The number of nitrogens with one attached hydrogen (secondary N) is 1. The smallest absolute Gasteiger partial charge is 0.307 e. The van der Waals surface area contributed by atoms with E-state index in [2.05, 4.69) is 25.4 Å². The van der Waals surface area contributed by atoms with Crippen LogP contribution in [0.1, 0.15) is 17.9 Å². The minimum atomic E-state index is -0.717. The molecule has 0 radical (unpaired) electrons. The van der Waals surface area contributed by atoms with Crippen LogP contribution in [0.25, 0.3) is 22.4 Å². The van der Waals surface area contributed by atoms with Gasteiger partial charge >= 0.3 is 5.97 Å². The number of carbonyl (C=O) groups is 1. The number of anilines is 2. The molecule has 1 aliphatic rings. The molecule has 9 heteroatoms. The fourth-order valence-electron chi connectivity index (χ4n) is 3.78. The molecule has 3 aromatic heterocycles. The van der Waals surface area contributed by atoms with Crippen molar-refractivity contribution < 1.29 is 9.90 Å². The molecule has 0 amide bonds. The van der Waals surface area contributed by atoms with E-state index in [0.29, 0.717) is 17.4 Å². The number of carboxylic acids is 1. The lowest BCUT2D eigenvalue weighted by atomic mass is 10.0. The van der Waals surface area contributed by atoms with Gasteiger partial charge in [0.25, 0.3) is 0 Å². The second-order valence-electron chi connectivity index (χ2n) is 7.72. The molecular weight excluding hydrogens is 428 g/mol. The van der Waals surface area contributed by atoms with E-state index in [0.717, 1.165) is 33.8 Å². The van der Waals surface area contributed by atoms with Crippen LogP contribution in [0.2, 0.25) is 5.15 Å². The van der Waals surface area contributed by atoms with Crippen molar-refractivity contribution in [2.24, 2.45) is 13.0 Å². The molecule has 5 rings (SSSR count). The average Bonchev–Trinajstić information content (AvgIpc) is 3.53. The Balaban J connectivity index is 1.36. The van der Waals surface area contributed by atoms with Gasteiger partial charge in [-0.05, 0) is 29.5 Å². The first kappa shape index (κ1) is 20.1. The van der Waals surface area contributed by atoms with E-state index in [-0.39, 0.29) is 11.8 Å². The van der Waals surface area contributed by atoms with Gasteiger partial charge in [-0.1, -0.05) is 41.9 Å². The first-order valence-electron chi connectivity index (χ1n) is 10.1. The van der Waals surface area contributed by atoms with Crippen LogP contribution in [0.3, 0.4) is 0 Å². The largest absolute Gasteiger partial charge is 0.481 e. The number of rotatable bonds is 6. The summed E-state index contributed by atoms with van der Waals surface area (Å²) in [4.78, 5) is 24.0. The summed E-state index contributed by atoms with van der Waals surface area (Å²) in [6, 6.07) is 12.0. The number of nitrogens with zero attached hydrogens (tertiary/aromatic N) is 5. The van der Waals surface area contributed by atoms with Gasteiger partial charge in [0.1, 0.15) is 11.0 Å². The Kier molecular flexibility index (Phi) is 5.07. The number of hydrogen-bond acceptors (Lipinski definition) is 6. The van der Waals surface area contributed by atoms with Crippen LogP contribution in [-0.2, 0) is 11.8 Å². The Morgan fingerprint density at radius 1 is 1.09 bits per heavy atom. The van der Waals surface area contributed by atoms with Gasteiger partial charge in [-0.15, -0.1) is 0 Å². The summed E-state index contributed by atoms with van der Waals surface area (Å²) >= 11 is 5.93. The highest BCUT2D eigenvalue weighted by Crippen LogP contribution is 2.47. The molecule has 8 nitrogen and oxygen atoms in total. The maximum Gasteiger partial charge on any atom is 0.307 e. The minimum Gasteiger partial charge on any atom is -0.481 e. The molecule has 0 aliphatic heterocycles. The lowest BCUT2D eigenvalue weighted by Crippen LogP contribution is -2.02. The summed E-state index contributed by atoms with van der Waals surface area (Å²) in [6.45, 7) is 0. The highest BCUT2D eigenvalue weighted by atomic mass is 35.5. The zero-order valence-electron chi connectivity index (χ0n) is 17.1. The van der Waals surface area contributed by atoms with E-state index in [1.807, 2.05) is 49.6 Å². The summed E-state index contributed by atoms with van der Waals surface area (Å²) < 4.78 is 1.70. The second-order valence-corrected chi connectivity index (χ2v) is 8.11. The quantitative estimate of drug-likeness (QED) is 0.448. The number of hydrogen-bond donors (Lipinski definition) is 2. The molecular formula is C23H19ClN6O2. The zero-order valence-corrected chi connectivity index (χ0v) is 17.9. The number of aryl methyl sites for hydroxylation is 1. The SMILES string of the molecule is Cn1ncc(-c2ccc(-c3ccc(C4CC4C(=O)O)cc3)cn2)c1Nc1cncc(Cl)n1. The molecule has 160 valence electrons. The van der Waals surface area contributed by atoms with Gasteiger partial charge < -0.3 is 10.4 Å². The molecule has 32 heavy (non-hydrogen) atoms. The summed E-state index contributed by atoms with van der Waals surface area (Å²) in [5.41, 5.74) is 4.66. The zero-order chi connectivity index (χ0) is 22.2. The Morgan fingerprint density at radius 3 is 2.53 bits per heavy atom. The third kappa shape index (κ3) is 3.92. The molecule has 1 aliphatic carbocycles. The second kappa shape index (κ2) is 8.05. The van der Waals surface area contributed by atoms with Crippen LogP contribution in [0.5, 0.6) is 0 Å². The van der Waals surface area contributed by atoms with Crippen molar-refractivity contribution in [3.05, 3.63) is 71.9 Å². The highest BCUT2D eigenvalue weighted by molar-refractivity contribution is 6.29. The van der Waals surface area contributed by atoms with E-state index in [1.165, 1.54) is 6.20 Å². The molecule has 3 heterocycles. The number of carboxylic acid groups (broad SMARTS) is 1. The third-order valence-corrected chi connectivity index (χ3v) is 5.79. The van der Waals surface area contributed by atoms with E-state index >= 15 is 0 Å². The first-order valence-corrected chi connectivity index (χ1v) is 10.4. The summed E-state index contributed by atoms with van der Waals surface area (Å²) in [6.07, 6.45) is 7.33. The molecule has 2 unspecified atom stereocenters. The van der Waals surface area contributed by atoms with Crippen molar-refractivity contribution in [2.75, 3.05) is 5.32 Å². The number of aliphatic carboxylic acids is 1. The summed E-state index contributed by atoms with van der Waals surface area (Å²) in [5, 5.41) is 17.0. The highest BCUT2D eigenvalue weighted by Gasteiger charge is 2.43. The lowest BCUT2D eigenvalue weighted by molar-refractivity contribution is -0.138. The van der Waals surface area contributed by atoms with Crippen LogP contribution in [-0.4, -0.2) is 35.8 Å². The topological polar surface area (TPSA) is 106 Å². The molecule has 0 saturated heterocycles. The van der Waals surface area contributed by atoms with Gasteiger partial charge in [0.2, 0.25) is 0 Å². The molecule has 0 spiro atoms. The molecule has 4 aromatic rings. The molecule has 1 fully saturated rings. The number of pyridine rings is 1. The maximum atomic E-state index is 11.1. The molecule has 1 saturated carbocycles. The monoisotopic (exact) mass is 446 g/mol. The standard InChI is InChI=1S/C23H19ClN6O2/c1-30-22(29-21-12-25-11-20(24)28-21)18(10-27-30)19-7-6-15(9-26-19)13-2-4-14(5-3-13)16-8-17(16)23(31)32/h2-7,9-12,16-17H,8H2,1H3,(H,28,29)(H,31,32).